The number of rotatable bonds is 3. The van der Waals surface area contributed by atoms with Gasteiger partial charge in [0.1, 0.15) is 0 Å². The standard InChI is InChI=1S/C10H20N2/c1-11-6-3-9-7-10(9)4-2-5-12-8-10/h9,11-12H,2-8H2,1H3. The molecule has 1 saturated heterocycles. The maximum Gasteiger partial charge on any atom is 0.00106 e. The summed E-state index contributed by atoms with van der Waals surface area (Å²) >= 11 is 0. The molecule has 12 heavy (non-hydrogen) atoms. The van der Waals surface area contributed by atoms with Crippen LogP contribution in [0.1, 0.15) is 25.7 Å². The van der Waals surface area contributed by atoms with Gasteiger partial charge in [0.05, 0.1) is 0 Å². The van der Waals surface area contributed by atoms with E-state index in [0.717, 1.165) is 11.3 Å². The second-order valence-electron chi connectivity index (χ2n) is 4.44. The molecule has 2 aliphatic rings. The lowest BCUT2D eigenvalue weighted by Gasteiger charge is -2.23. The van der Waals surface area contributed by atoms with Crippen molar-refractivity contribution >= 4 is 0 Å². The highest BCUT2D eigenvalue weighted by atomic mass is 14.9. The highest BCUT2D eigenvalue weighted by Gasteiger charge is 2.52. The summed E-state index contributed by atoms with van der Waals surface area (Å²) in [7, 11) is 2.05. The predicted octanol–water partition coefficient (Wildman–Crippen LogP) is 0.986. The van der Waals surface area contributed by atoms with Crippen molar-refractivity contribution in [3.05, 3.63) is 0 Å². The highest BCUT2D eigenvalue weighted by molar-refractivity contribution is 5.04. The molecule has 1 spiro atoms. The van der Waals surface area contributed by atoms with Crippen LogP contribution in [-0.4, -0.2) is 26.7 Å². The minimum Gasteiger partial charge on any atom is -0.320 e. The Morgan fingerprint density at radius 1 is 1.58 bits per heavy atom. The van der Waals surface area contributed by atoms with Crippen LogP contribution in [0.4, 0.5) is 0 Å². The molecular formula is C10H20N2. The molecule has 2 rings (SSSR count). The Hall–Kier alpha value is -0.0800. The summed E-state index contributed by atoms with van der Waals surface area (Å²) in [4.78, 5) is 0. The minimum atomic E-state index is 0.745. The van der Waals surface area contributed by atoms with Gasteiger partial charge in [-0.05, 0) is 57.2 Å². The largest absolute Gasteiger partial charge is 0.320 e. The van der Waals surface area contributed by atoms with Crippen molar-refractivity contribution in [1.82, 2.24) is 10.6 Å². The van der Waals surface area contributed by atoms with Crippen molar-refractivity contribution in [3.8, 4) is 0 Å². The van der Waals surface area contributed by atoms with Crippen molar-refractivity contribution in [2.45, 2.75) is 25.7 Å². The van der Waals surface area contributed by atoms with Crippen LogP contribution in [0.5, 0.6) is 0 Å². The Morgan fingerprint density at radius 2 is 2.50 bits per heavy atom. The van der Waals surface area contributed by atoms with Gasteiger partial charge in [0.25, 0.3) is 0 Å². The first-order chi connectivity index (χ1) is 5.87. The first-order valence-electron chi connectivity index (χ1n) is 5.23. The Morgan fingerprint density at radius 3 is 3.17 bits per heavy atom. The lowest BCUT2D eigenvalue weighted by Crippen LogP contribution is -2.32. The topological polar surface area (TPSA) is 24.1 Å². The van der Waals surface area contributed by atoms with E-state index < -0.39 is 0 Å². The smallest absolute Gasteiger partial charge is 0.00106 e. The molecule has 1 aliphatic carbocycles. The van der Waals surface area contributed by atoms with Gasteiger partial charge >= 0.3 is 0 Å². The molecule has 2 nitrogen and oxygen atoms in total. The molecule has 2 atom stereocenters. The molecule has 0 radical (unpaired) electrons. The van der Waals surface area contributed by atoms with Gasteiger partial charge in [-0.25, -0.2) is 0 Å². The molecule has 2 unspecified atom stereocenters. The number of hydrogen-bond donors (Lipinski definition) is 2. The van der Waals surface area contributed by atoms with Gasteiger partial charge in [0, 0.05) is 6.54 Å². The Balaban J connectivity index is 1.75. The van der Waals surface area contributed by atoms with Gasteiger partial charge in [-0.15, -0.1) is 0 Å². The molecule has 0 bridgehead atoms. The van der Waals surface area contributed by atoms with Crippen molar-refractivity contribution in [2.75, 3.05) is 26.7 Å². The maximum absolute atomic E-state index is 3.52. The SMILES string of the molecule is CNCCC1CC12CCCNC2. The van der Waals surface area contributed by atoms with Crippen molar-refractivity contribution in [2.24, 2.45) is 11.3 Å². The van der Waals surface area contributed by atoms with Crippen LogP contribution in [0, 0.1) is 11.3 Å². The molecule has 70 valence electrons. The third kappa shape index (κ3) is 1.50. The van der Waals surface area contributed by atoms with Crippen molar-refractivity contribution < 1.29 is 0 Å². The maximum atomic E-state index is 3.52. The fourth-order valence-corrected chi connectivity index (χ4v) is 2.67. The summed E-state index contributed by atoms with van der Waals surface area (Å²) in [5.41, 5.74) is 0.745. The monoisotopic (exact) mass is 168 g/mol. The fraction of sp³-hybridized carbons (Fsp3) is 1.00. The van der Waals surface area contributed by atoms with Gasteiger partial charge in [-0.3, -0.25) is 0 Å². The minimum absolute atomic E-state index is 0.745. The van der Waals surface area contributed by atoms with Gasteiger partial charge < -0.3 is 10.6 Å². The summed E-state index contributed by atoms with van der Waals surface area (Å²) in [6.07, 6.45) is 5.75. The molecule has 2 N–H and O–H groups in total. The van der Waals surface area contributed by atoms with Crippen LogP contribution in [0.25, 0.3) is 0 Å². The van der Waals surface area contributed by atoms with E-state index in [2.05, 4.69) is 10.6 Å². The first-order valence-corrected chi connectivity index (χ1v) is 5.23. The average molecular weight is 168 g/mol. The Labute approximate surface area is 75.1 Å². The average Bonchev–Trinajstić information content (AvgIpc) is 2.77. The molecule has 0 aromatic carbocycles. The van der Waals surface area contributed by atoms with E-state index in [-0.39, 0.29) is 0 Å². The molecule has 0 amide bonds. The van der Waals surface area contributed by atoms with Crippen LogP contribution < -0.4 is 10.6 Å². The molecule has 2 fully saturated rings. The number of piperidine rings is 1. The zero-order valence-corrected chi connectivity index (χ0v) is 8.03. The first kappa shape index (κ1) is 8.52. The molecule has 1 saturated carbocycles. The summed E-state index contributed by atoms with van der Waals surface area (Å²) in [5.74, 6) is 1.03. The van der Waals surface area contributed by atoms with E-state index >= 15 is 0 Å². The number of hydrogen-bond acceptors (Lipinski definition) is 2. The lowest BCUT2D eigenvalue weighted by atomic mass is 9.93. The summed E-state index contributed by atoms with van der Waals surface area (Å²) in [5, 5.41) is 6.76. The second kappa shape index (κ2) is 3.35. The molecule has 1 heterocycles. The van der Waals surface area contributed by atoms with Crippen LogP contribution in [0.15, 0.2) is 0 Å². The summed E-state index contributed by atoms with van der Waals surface area (Å²) in [6, 6.07) is 0. The fourth-order valence-electron chi connectivity index (χ4n) is 2.67. The normalized spacial score (nSPS) is 40.2. The number of nitrogens with one attached hydrogen (secondary N) is 2. The van der Waals surface area contributed by atoms with Gasteiger partial charge in [0.15, 0.2) is 0 Å². The van der Waals surface area contributed by atoms with Gasteiger partial charge in [-0.1, -0.05) is 0 Å². The van der Waals surface area contributed by atoms with E-state index in [1.165, 1.54) is 45.3 Å². The molecular weight excluding hydrogens is 148 g/mol. The lowest BCUT2D eigenvalue weighted by molar-refractivity contribution is 0.322. The third-order valence-electron chi connectivity index (χ3n) is 3.61. The molecule has 1 aliphatic heterocycles. The molecule has 0 aromatic rings. The Bertz CT molecular complexity index is 148. The molecule has 0 aromatic heterocycles. The summed E-state index contributed by atoms with van der Waals surface area (Å²) < 4.78 is 0. The zero-order chi connectivity index (χ0) is 8.44. The quantitative estimate of drug-likeness (QED) is 0.656. The second-order valence-corrected chi connectivity index (χ2v) is 4.44. The van der Waals surface area contributed by atoms with E-state index in [0.29, 0.717) is 0 Å². The van der Waals surface area contributed by atoms with Crippen LogP contribution >= 0.6 is 0 Å². The van der Waals surface area contributed by atoms with Gasteiger partial charge in [0.2, 0.25) is 0 Å². The predicted molar refractivity (Wildman–Crippen MR) is 51.2 cm³/mol. The van der Waals surface area contributed by atoms with E-state index in [4.69, 9.17) is 0 Å². The van der Waals surface area contributed by atoms with Gasteiger partial charge in [-0.2, -0.15) is 0 Å². The van der Waals surface area contributed by atoms with E-state index in [1.54, 1.807) is 0 Å². The summed E-state index contributed by atoms with van der Waals surface area (Å²) in [6.45, 7) is 3.74. The Kier molecular flexibility index (Phi) is 2.37. The van der Waals surface area contributed by atoms with Crippen LogP contribution in [-0.2, 0) is 0 Å². The van der Waals surface area contributed by atoms with E-state index in [1.807, 2.05) is 7.05 Å². The molecule has 2 heteroatoms. The van der Waals surface area contributed by atoms with Crippen molar-refractivity contribution in [3.63, 3.8) is 0 Å². The highest BCUT2D eigenvalue weighted by Crippen LogP contribution is 2.57. The van der Waals surface area contributed by atoms with E-state index in [9.17, 15) is 0 Å². The van der Waals surface area contributed by atoms with Crippen LogP contribution in [0.2, 0.25) is 0 Å². The van der Waals surface area contributed by atoms with Crippen LogP contribution in [0.3, 0.4) is 0 Å². The third-order valence-corrected chi connectivity index (χ3v) is 3.61. The van der Waals surface area contributed by atoms with Crippen molar-refractivity contribution in [1.29, 1.82) is 0 Å². The zero-order valence-electron chi connectivity index (χ0n) is 8.03.